The molecule has 1 saturated heterocycles. The van der Waals surface area contributed by atoms with Crippen LogP contribution in [0.15, 0.2) is 48.7 Å². The van der Waals surface area contributed by atoms with E-state index in [-0.39, 0.29) is 11.8 Å². The first-order valence-corrected chi connectivity index (χ1v) is 8.04. The molecule has 1 aliphatic carbocycles. The maximum atomic E-state index is 12.6. The van der Waals surface area contributed by atoms with E-state index in [1.165, 1.54) is 6.42 Å². The molecule has 2 heterocycles. The third-order valence-corrected chi connectivity index (χ3v) is 5.28. The molecule has 0 bridgehead atoms. The number of likely N-dealkylation sites (tertiary alicyclic amines) is 1. The number of amides is 1. The molecule has 3 heteroatoms. The fraction of sp³-hybridized carbons (Fsp3) is 0.368. The van der Waals surface area contributed by atoms with Crippen LogP contribution in [0, 0.1) is 5.92 Å². The molecule has 0 radical (unpaired) electrons. The molecule has 2 aromatic rings. The summed E-state index contributed by atoms with van der Waals surface area (Å²) in [6.45, 7) is 0. The molecule has 1 amide bonds. The second-order valence-electron chi connectivity index (χ2n) is 6.43. The van der Waals surface area contributed by atoms with Gasteiger partial charge in [0.1, 0.15) is 0 Å². The first-order chi connectivity index (χ1) is 10.8. The fourth-order valence-electron chi connectivity index (χ4n) is 4.14. The molecule has 3 nitrogen and oxygen atoms in total. The largest absolute Gasteiger partial charge is 0.342 e. The van der Waals surface area contributed by atoms with Gasteiger partial charge < -0.3 is 4.90 Å². The summed E-state index contributed by atoms with van der Waals surface area (Å²) in [4.78, 5) is 19.1. The zero-order valence-corrected chi connectivity index (χ0v) is 12.8. The SMILES string of the molecule is CN1C(=O)[C@@H](c2ccc(-c3ccccc3)cn2)[C@@H]2CCC[C@@H]21. The van der Waals surface area contributed by atoms with Gasteiger partial charge in [-0.1, -0.05) is 42.8 Å². The number of hydrogen-bond acceptors (Lipinski definition) is 2. The molecular weight excluding hydrogens is 272 g/mol. The minimum Gasteiger partial charge on any atom is -0.342 e. The molecule has 3 atom stereocenters. The highest BCUT2D eigenvalue weighted by Gasteiger charge is 2.49. The number of pyridine rings is 1. The van der Waals surface area contributed by atoms with E-state index in [2.05, 4.69) is 23.2 Å². The molecule has 0 N–H and O–H groups in total. The van der Waals surface area contributed by atoms with Gasteiger partial charge in [0.25, 0.3) is 0 Å². The van der Waals surface area contributed by atoms with Gasteiger partial charge in [-0.25, -0.2) is 0 Å². The molecule has 1 aliphatic heterocycles. The lowest BCUT2D eigenvalue weighted by Gasteiger charge is -2.17. The fourth-order valence-corrected chi connectivity index (χ4v) is 4.14. The standard InChI is InChI=1S/C19H20N2O/c1-21-17-9-5-8-15(17)18(19(21)22)16-11-10-14(12-20-16)13-6-3-2-4-7-13/h2-4,6-7,10-12,15,17-18H,5,8-9H2,1H3/t15-,17+,18-/m1/s1. The normalized spacial score (nSPS) is 27.2. The number of aromatic nitrogens is 1. The van der Waals surface area contributed by atoms with Crippen LogP contribution in [0.4, 0.5) is 0 Å². The van der Waals surface area contributed by atoms with Crippen molar-refractivity contribution in [3.05, 3.63) is 54.4 Å². The maximum Gasteiger partial charge on any atom is 0.232 e. The molecule has 22 heavy (non-hydrogen) atoms. The summed E-state index contributed by atoms with van der Waals surface area (Å²) in [7, 11) is 1.95. The van der Waals surface area contributed by atoms with Gasteiger partial charge >= 0.3 is 0 Å². The van der Waals surface area contributed by atoms with E-state index in [4.69, 9.17) is 0 Å². The van der Waals surface area contributed by atoms with Crippen molar-refractivity contribution in [2.24, 2.45) is 5.92 Å². The van der Waals surface area contributed by atoms with Crippen LogP contribution in [-0.4, -0.2) is 28.9 Å². The molecule has 1 aromatic carbocycles. The van der Waals surface area contributed by atoms with Crippen LogP contribution >= 0.6 is 0 Å². The lowest BCUT2D eigenvalue weighted by Crippen LogP contribution is -2.29. The Labute approximate surface area is 131 Å². The van der Waals surface area contributed by atoms with Crippen LogP contribution in [-0.2, 0) is 4.79 Å². The highest BCUT2D eigenvalue weighted by Crippen LogP contribution is 2.45. The third kappa shape index (κ3) is 2.04. The predicted molar refractivity (Wildman–Crippen MR) is 86.3 cm³/mol. The number of fused-ring (bicyclic) bond motifs is 1. The van der Waals surface area contributed by atoms with Crippen LogP contribution in [0.5, 0.6) is 0 Å². The Kier molecular flexibility index (Phi) is 3.21. The summed E-state index contributed by atoms with van der Waals surface area (Å²) in [6, 6.07) is 14.8. The van der Waals surface area contributed by atoms with E-state index in [1.807, 2.05) is 42.4 Å². The Morgan fingerprint density at radius 1 is 1.05 bits per heavy atom. The van der Waals surface area contributed by atoms with Crippen molar-refractivity contribution in [2.45, 2.75) is 31.2 Å². The Hall–Kier alpha value is -2.16. The highest BCUT2D eigenvalue weighted by molar-refractivity contribution is 5.86. The topological polar surface area (TPSA) is 33.2 Å². The Bertz CT molecular complexity index is 680. The van der Waals surface area contributed by atoms with E-state index in [0.29, 0.717) is 12.0 Å². The Morgan fingerprint density at radius 3 is 2.59 bits per heavy atom. The Balaban J connectivity index is 1.65. The predicted octanol–water partition coefficient (Wildman–Crippen LogP) is 3.47. The number of hydrogen-bond donors (Lipinski definition) is 0. The Morgan fingerprint density at radius 2 is 1.86 bits per heavy atom. The molecule has 112 valence electrons. The lowest BCUT2D eigenvalue weighted by molar-refractivity contribution is -0.129. The van der Waals surface area contributed by atoms with Crippen LogP contribution in [0.1, 0.15) is 30.9 Å². The van der Waals surface area contributed by atoms with Gasteiger partial charge in [0.05, 0.1) is 11.6 Å². The molecule has 2 aliphatic rings. The van der Waals surface area contributed by atoms with Gasteiger partial charge in [0.2, 0.25) is 5.91 Å². The summed E-state index contributed by atoms with van der Waals surface area (Å²) in [6.07, 6.45) is 5.42. The van der Waals surface area contributed by atoms with Crippen LogP contribution in [0.3, 0.4) is 0 Å². The lowest BCUT2D eigenvalue weighted by atomic mass is 9.88. The number of carbonyl (C=O) groups excluding carboxylic acids is 1. The van der Waals surface area contributed by atoms with Gasteiger partial charge in [0.15, 0.2) is 0 Å². The van der Waals surface area contributed by atoms with Gasteiger partial charge in [-0.3, -0.25) is 9.78 Å². The smallest absolute Gasteiger partial charge is 0.232 e. The molecule has 1 aromatic heterocycles. The minimum atomic E-state index is -0.0395. The zero-order chi connectivity index (χ0) is 15.1. The molecular formula is C19H20N2O. The quantitative estimate of drug-likeness (QED) is 0.849. The van der Waals surface area contributed by atoms with E-state index in [9.17, 15) is 4.79 Å². The summed E-state index contributed by atoms with van der Waals surface area (Å²) < 4.78 is 0. The van der Waals surface area contributed by atoms with Crippen molar-refractivity contribution < 1.29 is 4.79 Å². The van der Waals surface area contributed by atoms with Gasteiger partial charge in [-0.05, 0) is 30.4 Å². The molecule has 0 spiro atoms. The summed E-state index contributed by atoms with van der Waals surface area (Å²) in [5.74, 6) is 0.657. The monoisotopic (exact) mass is 292 g/mol. The van der Waals surface area contributed by atoms with Crippen molar-refractivity contribution in [3.63, 3.8) is 0 Å². The van der Waals surface area contributed by atoms with E-state index in [0.717, 1.165) is 29.7 Å². The van der Waals surface area contributed by atoms with Crippen molar-refractivity contribution in [1.82, 2.24) is 9.88 Å². The second-order valence-corrected chi connectivity index (χ2v) is 6.43. The first kappa shape index (κ1) is 13.5. The van der Waals surface area contributed by atoms with Gasteiger partial charge in [0, 0.05) is 24.8 Å². The highest BCUT2D eigenvalue weighted by atomic mass is 16.2. The van der Waals surface area contributed by atoms with Crippen molar-refractivity contribution in [3.8, 4) is 11.1 Å². The van der Waals surface area contributed by atoms with Crippen molar-refractivity contribution in [2.75, 3.05) is 7.05 Å². The third-order valence-electron chi connectivity index (χ3n) is 5.28. The summed E-state index contributed by atoms with van der Waals surface area (Å²) in [5, 5.41) is 0. The van der Waals surface area contributed by atoms with Crippen LogP contribution in [0.2, 0.25) is 0 Å². The molecule has 4 rings (SSSR count). The maximum absolute atomic E-state index is 12.6. The van der Waals surface area contributed by atoms with Gasteiger partial charge in [-0.2, -0.15) is 0 Å². The van der Waals surface area contributed by atoms with E-state index >= 15 is 0 Å². The van der Waals surface area contributed by atoms with E-state index < -0.39 is 0 Å². The van der Waals surface area contributed by atoms with Crippen molar-refractivity contribution >= 4 is 5.91 Å². The molecule has 2 fully saturated rings. The zero-order valence-electron chi connectivity index (χ0n) is 12.8. The minimum absolute atomic E-state index is 0.0395. The number of nitrogens with zero attached hydrogens (tertiary/aromatic N) is 2. The molecule has 0 unspecified atom stereocenters. The average molecular weight is 292 g/mol. The first-order valence-electron chi connectivity index (χ1n) is 8.04. The average Bonchev–Trinajstić information content (AvgIpc) is 3.12. The summed E-state index contributed by atoms with van der Waals surface area (Å²) in [5.41, 5.74) is 3.20. The number of rotatable bonds is 2. The van der Waals surface area contributed by atoms with Crippen LogP contribution in [0.25, 0.3) is 11.1 Å². The van der Waals surface area contributed by atoms with Gasteiger partial charge in [-0.15, -0.1) is 0 Å². The second kappa shape index (κ2) is 5.24. The van der Waals surface area contributed by atoms with E-state index in [1.54, 1.807) is 0 Å². The number of carbonyl (C=O) groups is 1. The summed E-state index contributed by atoms with van der Waals surface area (Å²) >= 11 is 0. The van der Waals surface area contributed by atoms with Crippen molar-refractivity contribution in [1.29, 1.82) is 0 Å². The number of benzene rings is 1. The number of likely N-dealkylation sites (N-methyl/N-ethyl adjacent to an activating group) is 1. The van der Waals surface area contributed by atoms with Crippen LogP contribution < -0.4 is 0 Å². The molecule has 1 saturated carbocycles.